The fourth-order valence-electron chi connectivity index (χ4n) is 6.60. The Bertz CT molecular complexity index is 2100. The summed E-state index contributed by atoms with van der Waals surface area (Å²) >= 11 is 24.3. The first-order chi connectivity index (χ1) is 27.4. The number of carbonyl (C=O) groups is 2. The maximum absolute atomic E-state index is 11.7. The second kappa shape index (κ2) is 19.7. The number of anilines is 2. The topological polar surface area (TPSA) is 181 Å². The molecule has 0 bridgehead atoms. The lowest BCUT2D eigenvalue weighted by atomic mass is 10.1. The molecule has 2 aliphatic rings. The van der Waals surface area contributed by atoms with Crippen LogP contribution >= 0.6 is 46.4 Å². The average molecular weight is 863 g/mol. The number of nitrogens with zero attached hydrogens (tertiary/aromatic N) is 7. The highest BCUT2D eigenvalue weighted by atomic mass is 35.5. The second-order valence-corrected chi connectivity index (χ2v) is 15.1. The number of methoxy groups -OCH3 is 1. The number of H-pyrrole nitrogens is 1. The molecule has 0 spiro atoms. The predicted octanol–water partition coefficient (Wildman–Crippen LogP) is 7.52. The lowest BCUT2D eigenvalue weighted by Gasteiger charge is -2.33. The van der Waals surface area contributed by atoms with E-state index in [-0.39, 0.29) is 36.8 Å². The zero-order chi connectivity index (χ0) is 40.5. The Morgan fingerprint density at radius 2 is 1.21 bits per heavy atom. The molecule has 2 aliphatic heterocycles. The van der Waals surface area contributed by atoms with Crippen LogP contribution < -0.4 is 14.5 Å². The van der Waals surface area contributed by atoms with E-state index in [1.807, 2.05) is 48.5 Å². The van der Waals surface area contributed by atoms with Crippen LogP contribution in [0.25, 0.3) is 0 Å². The Balaban J connectivity index is 0.000000203. The van der Waals surface area contributed by atoms with Crippen LogP contribution in [-0.2, 0) is 29.2 Å². The number of rotatable bonds is 13. The lowest BCUT2D eigenvalue weighted by molar-refractivity contribution is 0.0209. The molecule has 0 radical (unpaired) electrons. The Morgan fingerprint density at radius 1 is 0.719 bits per heavy atom. The molecule has 5 aromatic rings. The van der Waals surface area contributed by atoms with Crippen molar-refractivity contribution in [2.45, 2.75) is 57.6 Å². The Hall–Kier alpha value is -4.64. The molecule has 0 atom stereocenters. The summed E-state index contributed by atoms with van der Waals surface area (Å²) in [6.45, 7) is 3.84. The van der Waals surface area contributed by atoms with E-state index in [0.717, 1.165) is 74.6 Å². The monoisotopic (exact) mass is 860 g/mol. The van der Waals surface area contributed by atoms with Crippen LogP contribution in [0.3, 0.4) is 0 Å². The molecular formula is C38H40Cl4N8O7. The number of nitrogens with one attached hydrogen (secondary N) is 1. The van der Waals surface area contributed by atoms with Gasteiger partial charge in [0.05, 0.1) is 44.8 Å². The first-order valence-corrected chi connectivity index (χ1v) is 19.5. The first kappa shape index (κ1) is 42.0. The van der Waals surface area contributed by atoms with E-state index >= 15 is 0 Å². The Labute approximate surface area is 348 Å². The molecule has 4 heterocycles. The highest BCUT2D eigenvalue weighted by molar-refractivity contribution is 6.35. The van der Waals surface area contributed by atoms with Gasteiger partial charge in [-0.3, -0.25) is 0 Å². The van der Waals surface area contributed by atoms with E-state index in [2.05, 4.69) is 35.5 Å². The third-order valence-corrected chi connectivity index (χ3v) is 10.4. The van der Waals surface area contributed by atoms with Crippen molar-refractivity contribution < 1.29 is 34.0 Å². The number of halogens is 4. The predicted molar refractivity (Wildman–Crippen MR) is 215 cm³/mol. The number of ether oxygens (including phenoxy) is 3. The third kappa shape index (κ3) is 11.5. The van der Waals surface area contributed by atoms with Crippen molar-refractivity contribution in [2.24, 2.45) is 0 Å². The van der Waals surface area contributed by atoms with Gasteiger partial charge in [0.2, 0.25) is 0 Å². The number of carboxylic acids is 2. The zero-order valence-electron chi connectivity index (χ0n) is 30.8. The fraction of sp³-hybridized carbons (Fsp3) is 0.368. The van der Waals surface area contributed by atoms with Gasteiger partial charge in [0.25, 0.3) is 0 Å². The van der Waals surface area contributed by atoms with Crippen LogP contribution in [-0.4, -0.2) is 98.1 Å². The number of hydrogen-bond acceptors (Lipinski definition) is 11. The number of aromatic nitrogens is 6. The summed E-state index contributed by atoms with van der Waals surface area (Å²) in [5.74, 6) is -1.49. The molecule has 3 N–H and O–H groups in total. The molecule has 57 heavy (non-hydrogen) atoms. The van der Waals surface area contributed by atoms with Gasteiger partial charge in [-0.15, -0.1) is 10.2 Å². The van der Waals surface area contributed by atoms with E-state index in [1.54, 1.807) is 23.9 Å². The van der Waals surface area contributed by atoms with Gasteiger partial charge in [-0.05, 0) is 79.8 Å². The maximum Gasteiger partial charge on any atom is 0.358 e. The van der Waals surface area contributed by atoms with Gasteiger partial charge < -0.3 is 34.2 Å². The van der Waals surface area contributed by atoms with E-state index < -0.39 is 11.9 Å². The molecule has 0 aliphatic carbocycles. The first-order valence-electron chi connectivity index (χ1n) is 18.0. The van der Waals surface area contributed by atoms with Crippen LogP contribution in [0.1, 0.15) is 63.6 Å². The summed E-state index contributed by atoms with van der Waals surface area (Å²) in [6, 6.07) is 18.5. The fourth-order valence-corrected chi connectivity index (χ4v) is 7.63. The van der Waals surface area contributed by atoms with E-state index in [1.165, 1.54) is 0 Å². The Morgan fingerprint density at radius 3 is 1.68 bits per heavy atom. The van der Waals surface area contributed by atoms with Gasteiger partial charge in [-0.25, -0.2) is 14.3 Å². The molecule has 302 valence electrons. The van der Waals surface area contributed by atoms with Crippen LogP contribution in [0.15, 0.2) is 60.7 Å². The number of aromatic amines is 1. The molecule has 2 aromatic heterocycles. The summed E-state index contributed by atoms with van der Waals surface area (Å²) in [5.41, 5.74) is 3.51. The van der Waals surface area contributed by atoms with E-state index in [0.29, 0.717) is 38.0 Å². The number of benzene rings is 3. The van der Waals surface area contributed by atoms with E-state index in [4.69, 9.17) is 65.7 Å². The molecule has 0 unspecified atom stereocenters. The molecular weight excluding hydrogens is 822 g/mol. The Kier molecular flexibility index (Phi) is 14.5. The van der Waals surface area contributed by atoms with Crippen LogP contribution in [0.2, 0.25) is 20.1 Å². The summed E-state index contributed by atoms with van der Waals surface area (Å²) in [4.78, 5) is 27.1. The largest absolute Gasteiger partial charge is 0.497 e. The van der Waals surface area contributed by atoms with E-state index in [9.17, 15) is 14.7 Å². The minimum absolute atomic E-state index is 0.00175. The lowest BCUT2D eigenvalue weighted by Crippen LogP contribution is -2.37. The maximum atomic E-state index is 11.7. The summed E-state index contributed by atoms with van der Waals surface area (Å²) in [5, 5.41) is 38.6. The van der Waals surface area contributed by atoms with Gasteiger partial charge >= 0.3 is 11.9 Å². The van der Waals surface area contributed by atoms with Crippen molar-refractivity contribution in [1.29, 1.82) is 0 Å². The van der Waals surface area contributed by atoms with Gasteiger partial charge in [0.1, 0.15) is 11.4 Å². The highest BCUT2D eigenvalue weighted by Gasteiger charge is 2.25. The van der Waals surface area contributed by atoms with Crippen molar-refractivity contribution >= 4 is 69.7 Å². The van der Waals surface area contributed by atoms with Crippen molar-refractivity contribution in [2.75, 3.05) is 43.1 Å². The van der Waals surface area contributed by atoms with Gasteiger partial charge in [-0.1, -0.05) is 63.7 Å². The quantitative estimate of drug-likeness (QED) is 0.106. The van der Waals surface area contributed by atoms with Crippen molar-refractivity contribution in [1.82, 2.24) is 30.4 Å². The van der Waals surface area contributed by atoms with Crippen LogP contribution in [0.4, 0.5) is 11.4 Å². The minimum atomic E-state index is -1.12. The standard InChI is InChI=1S/C23H24Cl2N4O4.C15H16Cl2N4O3/c1-32-19-4-2-15(3-5-19)13-29-21(22(23(30)31)26-27-29)14-33-20-6-8-28(9-7-20)18-11-16(24)10-17(25)12-18;16-9-5-10(17)7-11(6-9)21-3-1-12(2-4-21)24-8-13-14(15(22)23)19-20-18-13/h2-5,10-12,20H,6-9,13-14H2,1H3,(H,30,31);5-7,12H,1-4,8H2,(H,22,23)(H,18,19,20). The normalized spacial score (nSPS) is 15.0. The smallest absolute Gasteiger partial charge is 0.358 e. The number of hydrogen-bond donors (Lipinski definition) is 3. The highest BCUT2D eigenvalue weighted by Crippen LogP contribution is 2.30. The molecule has 0 saturated carbocycles. The number of piperidine rings is 2. The van der Waals surface area contributed by atoms with Gasteiger partial charge in [0.15, 0.2) is 11.4 Å². The van der Waals surface area contributed by atoms with Crippen molar-refractivity contribution in [3.8, 4) is 5.75 Å². The van der Waals surface area contributed by atoms with Crippen molar-refractivity contribution in [3.05, 3.63) is 109 Å². The number of aromatic carboxylic acids is 2. The minimum Gasteiger partial charge on any atom is -0.497 e. The molecule has 0 amide bonds. The van der Waals surface area contributed by atoms with Gasteiger partial charge in [0, 0.05) is 57.6 Å². The second-order valence-electron chi connectivity index (χ2n) is 13.4. The van der Waals surface area contributed by atoms with Crippen LogP contribution in [0.5, 0.6) is 5.75 Å². The molecule has 19 heteroatoms. The summed E-state index contributed by atoms with van der Waals surface area (Å²) in [6.07, 6.45) is 3.30. The molecule has 7 rings (SSSR count). The summed E-state index contributed by atoms with van der Waals surface area (Å²) < 4.78 is 18.6. The SMILES string of the molecule is COc1ccc(Cn2nnc(C(=O)O)c2COC2CCN(c3cc(Cl)cc(Cl)c3)CC2)cc1.O=C(O)c1n[nH]nc1COC1CCN(c2cc(Cl)cc(Cl)c2)CC1. The number of carboxylic acid groups (broad SMARTS) is 2. The molecule has 2 saturated heterocycles. The van der Waals surface area contributed by atoms with Gasteiger partial charge in [-0.2, -0.15) is 10.3 Å². The molecule has 3 aromatic carbocycles. The molecule has 2 fully saturated rings. The molecule has 15 nitrogen and oxygen atoms in total. The summed E-state index contributed by atoms with van der Waals surface area (Å²) in [7, 11) is 1.61. The van der Waals surface area contributed by atoms with Crippen molar-refractivity contribution in [3.63, 3.8) is 0 Å². The average Bonchev–Trinajstić information content (AvgIpc) is 3.84. The van der Waals surface area contributed by atoms with Crippen LogP contribution in [0, 0.1) is 0 Å². The third-order valence-electron chi connectivity index (χ3n) is 9.57. The zero-order valence-corrected chi connectivity index (χ0v) is 33.8.